The van der Waals surface area contributed by atoms with Crippen LogP contribution in [0.1, 0.15) is 284 Å². The van der Waals surface area contributed by atoms with Crippen LogP contribution in [0.2, 0.25) is 0 Å². The van der Waals surface area contributed by atoms with Crippen molar-refractivity contribution in [1.82, 2.24) is 0 Å². The summed E-state index contributed by atoms with van der Waals surface area (Å²) in [6.07, 6.45) is 91.7. The normalized spacial score (nSPS) is 13.0. The van der Waals surface area contributed by atoms with Gasteiger partial charge < -0.3 is 14.2 Å². The van der Waals surface area contributed by atoms with Crippen LogP contribution in [0, 0.1) is 0 Å². The third-order valence-corrected chi connectivity index (χ3v) is 13.4. The fourth-order valence-electron chi connectivity index (χ4n) is 8.65. The molecule has 0 amide bonds. The highest BCUT2D eigenvalue weighted by Crippen LogP contribution is 2.15. The van der Waals surface area contributed by atoms with Crippen LogP contribution >= 0.6 is 0 Å². The van der Waals surface area contributed by atoms with Crippen molar-refractivity contribution >= 4 is 17.9 Å². The molecule has 0 rings (SSSR count). The number of hydrogen-bond donors (Lipinski definition) is 0. The second kappa shape index (κ2) is 65.1. The number of ether oxygens (including phenoxy) is 3. The number of esters is 3. The molecular weight excluding hydrogens is 961 g/mol. The van der Waals surface area contributed by atoms with Gasteiger partial charge in [-0.2, -0.15) is 0 Å². The molecule has 0 aromatic heterocycles. The Hall–Kier alpha value is -4.45. The molecule has 0 spiro atoms. The zero-order chi connectivity index (χ0) is 56.4. The summed E-state index contributed by atoms with van der Waals surface area (Å²) in [7, 11) is 0. The molecular formula is C72H118O6. The number of carbonyl (C=O) groups is 3. The molecule has 78 heavy (non-hydrogen) atoms. The third kappa shape index (κ3) is 62.4. The van der Waals surface area contributed by atoms with E-state index >= 15 is 0 Å². The number of carbonyl (C=O) groups excluding carboxylic acids is 3. The molecule has 0 aliphatic heterocycles. The molecule has 1 unspecified atom stereocenters. The standard InChI is InChI=1S/C72H118O6/c1-4-7-10-13-16-19-22-25-27-29-30-31-32-33-34-35-36-37-38-39-40-41-42-44-45-47-50-53-56-59-62-65-71(74)77-68-69(67-76-70(73)64-61-58-55-52-49-24-21-18-15-12-9-6-3)78-72(75)66-63-60-57-54-51-48-46-43-28-26-23-20-17-14-11-8-5-2/h7-8,10-11,16-17,19-20,25-28,30-31,33-34,36-37,39-40,42,44,69H,4-6,9,12-15,18,21-24,29,32,35,38,41,43,45-68H2,1-3H3/b10-7-,11-8-,19-16-,20-17-,27-25-,28-26-,31-30-,34-33-,37-36-,40-39-,44-42-. The van der Waals surface area contributed by atoms with Gasteiger partial charge in [-0.25, -0.2) is 0 Å². The number of hydrogen-bond acceptors (Lipinski definition) is 6. The van der Waals surface area contributed by atoms with Gasteiger partial charge in [0.1, 0.15) is 13.2 Å². The fourth-order valence-corrected chi connectivity index (χ4v) is 8.65. The first-order valence-electron chi connectivity index (χ1n) is 32.2. The van der Waals surface area contributed by atoms with E-state index in [-0.39, 0.29) is 31.1 Å². The van der Waals surface area contributed by atoms with Crippen molar-refractivity contribution in [3.05, 3.63) is 134 Å². The largest absolute Gasteiger partial charge is 0.462 e. The van der Waals surface area contributed by atoms with Crippen LogP contribution in [0.3, 0.4) is 0 Å². The van der Waals surface area contributed by atoms with E-state index in [1.54, 1.807) is 0 Å². The van der Waals surface area contributed by atoms with Gasteiger partial charge in [-0.3, -0.25) is 14.4 Å². The van der Waals surface area contributed by atoms with Crippen LogP contribution in [-0.2, 0) is 28.6 Å². The van der Waals surface area contributed by atoms with Gasteiger partial charge >= 0.3 is 17.9 Å². The third-order valence-electron chi connectivity index (χ3n) is 13.4. The van der Waals surface area contributed by atoms with Gasteiger partial charge in [-0.15, -0.1) is 0 Å². The van der Waals surface area contributed by atoms with E-state index in [1.807, 2.05) is 0 Å². The van der Waals surface area contributed by atoms with Crippen LogP contribution in [0.5, 0.6) is 0 Å². The second-order valence-corrected chi connectivity index (χ2v) is 20.9. The van der Waals surface area contributed by atoms with E-state index in [2.05, 4.69) is 154 Å². The predicted molar refractivity (Wildman–Crippen MR) is 339 cm³/mol. The van der Waals surface area contributed by atoms with Crippen molar-refractivity contribution in [1.29, 1.82) is 0 Å². The van der Waals surface area contributed by atoms with E-state index < -0.39 is 6.10 Å². The van der Waals surface area contributed by atoms with Gasteiger partial charge in [-0.1, -0.05) is 283 Å². The Morgan fingerprint density at radius 1 is 0.269 bits per heavy atom. The molecule has 1 atom stereocenters. The Labute approximate surface area is 481 Å². The maximum absolute atomic E-state index is 12.9. The first-order chi connectivity index (χ1) is 38.5. The molecule has 0 heterocycles. The van der Waals surface area contributed by atoms with Crippen LogP contribution < -0.4 is 0 Å². The van der Waals surface area contributed by atoms with Crippen LogP contribution in [0.25, 0.3) is 0 Å². The molecule has 6 nitrogen and oxygen atoms in total. The van der Waals surface area contributed by atoms with Crippen molar-refractivity contribution in [2.24, 2.45) is 0 Å². The fraction of sp³-hybridized carbons (Fsp3) is 0.653. The lowest BCUT2D eigenvalue weighted by atomic mass is 10.0. The van der Waals surface area contributed by atoms with Gasteiger partial charge in [0.25, 0.3) is 0 Å². The molecule has 0 aliphatic rings. The highest BCUT2D eigenvalue weighted by atomic mass is 16.6. The van der Waals surface area contributed by atoms with Crippen molar-refractivity contribution < 1.29 is 28.6 Å². The monoisotopic (exact) mass is 1080 g/mol. The maximum Gasteiger partial charge on any atom is 0.306 e. The summed E-state index contributed by atoms with van der Waals surface area (Å²) in [5.41, 5.74) is 0. The minimum Gasteiger partial charge on any atom is -0.462 e. The number of unbranched alkanes of at least 4 members (excludes halogenated alkanes) is 24. The molecule has 0 aliphatic carbocycles. The summed E-state index contributed by atoms with van der Waals surface area (Å²) in [6, 6.07) is 0. The highest BCUT2D eigenvalue weighted by Gasteiger charge is 2.19. The number of rotatable bonds is 57. The Bertz CT molecular complexity index is 1670. The summed E-state index contributed by atoms with van der Waals surface area (Å²) in [5.74, 6) is -0.910. The van der Waals surface area contributed by atoms with Crippen LogP contribution in [0.15, 0.2) is 134 Å². The zero-order valence-electron chi connectivity index (χ0n) is 50.6. The molecule has 0 fully saturated rings. The van der Waals surface area contributed by atoms with Gasteiger partial charge in [0.2, 0.25) is 0 Å². The molecule has 0 N–H and O–H groups in total. The first kappa shape index (κ1) is 73.5. The molecule has 442 valence electrons. The Kier molecular flexibility index (Phi) is 61.4. The Morgan fingerprint density at radius 3 is 0.782 bits per heavy atom. The van der Waals surface area contributed by atoms with E-state index in [0.717, 1.165) is 148 Å². The highest BCUT2D eigenvalue weighted by molar-refractivity contribution is 5.71. The topological polar surface area (TPSA) is 78.9 Å². The van der Waals surface area contributed by atoms with Crippen molar-refractivity contribution in [2.45, 2.75) is 290 Å². The van der Waals surface area contributed by atoms with E-state index in [4.69, 9.17) is 14.2 Å². The Balaban J connectivity index is 4.33. The Morgan fingerprint density at radius 2 is 0.500 bits per heavy atom. The summed E-state index contributed by atoms with van der Waals surface area (Å²) in [4.78, 5) is 38.3. The molecule has 0 saturated carbocycles. The molecule has 6 heteroatoms. The predicted octanol–water partition coefficient (Wildman–Crippen LogP) is 22.2. The average Bonchev–Trinajstić information content (AvgIpc) is 3.44. The van der Waals surface area contributed by atoms with Crippen LogP contribution in [-0.4, -0.2) is 37.2 Å². The van der Waals surface area contributed by atoms with Gasteiger partial charge in [0, 0.05) is 19.3 Å². The molecule has 0 aromatic rings. The SMILES string of the molecule is CC/C=C\C/C=C\C/C=C\C/C=C\C/C=C\C/C=C\C/C=C\C/C=C\CCCCCCCCC(=O)OCC(COC(=O)CCCCCCCCCCCCCC)OC(=O)CCCCCCCCC/C=C\C/C=C\C/C=C\CC. The molecule has 0 bridgehead atoms. The zero-order valence-corrected chi connectivity index (χ0v) is 50.6. The van der Waals surface area contributed by atoms with E-state index in [1.165, 1.54) is 96.3 Å². The summed E-state index contributed by atoms with van der Waals surface area (Å²) >= 11 is 0. The number of allylic oxidation sites excluding steroid dienone is 22. The lowest BCUT2D eigenvalue weighted by molar-refractivity contribution is -0.167. The van der Waals surface area contributed by atoms with E-state index in [9.17, 15) is 14.4 Å². The van der Waals surface area contributed by atoms with Gasteiger partial charge in [-0.05, 0) is 116 Å². The van der Waals surface area contributed by atoms with Crippen molar-refractivity contribution in [2.75, 3.05) is 13.2 Å². The molecule has 0 aromatic carbocycles. The summed E-state index contributed by atoms with van der Waals surface area (Å²) in [5, 5.41) is 0. The minimum absolute atomic E-state index is 0.0877. The second-order valence-electron chi connectivity index (χ2n) is 20.9. The van der Waals surface area contributed by atoms with Crippen LogP contribution in [0.4, 0.5) is 0 Å². The lowest BCUT2D eigenvalue weighted by Gasteiger charge is -2.18. The lowest BCUT2D eigenvalue weighted by Crippen LogP contribution is -2.30. The molecule has 0 radical (unpaired) electrons. The first-order valence-corrected chi connectivity index (χ1v) is 32.2. The minimum atomic E-state index is -0.793. The maximum atomic E-state index is 12.9. The van der Waals surface area contributed by atoms with E-state index in [0.29, 0.717) is 19.3 Å². The van der Waals surface area contributed by atoms with Gasteiger partial charge in [0.05, 0.1) is 0 Å². The summed E-state index contributed by atoms with van der Waals surface area (Å²) < 4.78 is 16.9. The van der Waals surface area contributed by atoms with Gasteiger partial charge in [0.15, 0.2) is 6.10 Å². The molecule has 0 saturated heterocycles. The summed E-state index contributed by atoms with van der Waals surface area (Å²) in [6.45, 7) is 6.40. The smallest absolute Gasteiger partial charge is 0.306 e. The van der Waals surface area contributed by atoms with Crippen molar-refractivity contribution in [3.8, 4) is 0 Å². The van der Waals surface area contributed by atoms with Crippen molar-refractivity contribution in [3.63, 3.8) is 0 Å². The quantitative estimate of drug-likeness (QED) is 0.0261. The average molecular weight is 1080 g/mol.